The van der Waals surface area contributed by atoms with Crippen LogP contribution < -0.4 is 0 Å². The van der Waals surface area contributed by atoms with Crippen LogP contribution in [0.3, 0.4) is 0 Å². The zero-order valence-electron chi connectivity index (χ0n) is 12.1. The first kappa shape index (κ1) is 13.8. The summed E-state index contributed by atoms with van der Waals surface area (Å²) in [7, 11) is 0. The molecule has 1 N–H and O–H groups in total. The normalized spacial score (nSPS) is 11.1. The Hall–Kier alpha value is -2.13. The molecule has 0 atom stereocenters. The number of aromatic nitrogens is 2. The second-order valence-electron chi connectivity index (χ2n) is 5.22. The monoisotopic (exact) mass is 280 g/mol. The topological polar surface area (TPSA) is 38.1 Å². The lowest BCUT2D eigenvalue weighted by molar-refractivity contribution is 0.283. The molecule has 3 rings (SSSR count). The van der Waals surface area contributed by atoms with Crippen LogP contribution in [0.5, 0.6) is 0 Å². The van der Waals surface area contributed by atoms with Crippen molar-refractivity contribution in [3.63, 3.8) is 0 Å². The van der Waals surface area contributed by atoms with E-state index in [2.05, 4.69) is 47.0 Å². The summed E-state index contributed by atoms with van der Waals surface area (Å²) < 4.78 is 2.24. The van der Waals surface area contributed by atoms with Crippen molar-refractivity contribution in [2.24, 2.45) is 0 Å². The Morgan fingerprint density at radius 3 is 2.43 bits per heavy atom. The average Bonchev–Trinajstić information content (AvgIpc) is 2.90. The molecule has 0 unspecified atom stereocenters. The van der Waals surface area contributed by atoms with Gasteiger partial charge in [0.25, 0.3) is 0 Å². The van der Waals surface area contributed by atoms with Crippen molar-refractivity contribution in [1.82, 2.24) is 9.55 Å². The maximum atomic E-state index is 8.89. The van der Waals surface area contributed by atoms with E-state index in [-0.39, 0.29) is 6.61 Å². The summed E-state index contributed by atoms with van der Waals surface area (Å²) in [5.74, 6) is 1.10. The van der Waals surface area contributed by atoms with Gasteiger partial charge in [-0.2, -0.15) is 0 Å². The summed E-state index contributed by atoms with van der Waals surface area (Å²) in [6, 6.07) is 18.6. The van der Waals surface area contributed by atoms with Gasteiger partial charge < -0.3 is 5.11 Å². The van der Waals surface area contributed by atoms with Crippen molar-refractivity contribution >= 4 is 11.0 Å². The minimum Gasteiger partial charge on any atom is -0.396 e. The van der Waals surface area contributed by atoms with Gasteiger partial charge in [0.05, 0.1) is 11.0 Å². The number of fused-ring (bicyclic) bond motifs is 1. The number of aryl methyl sites for hydroxylation is 1. The molecule has 0 bridgehead atoms. The Labute approximate surface area is 124 Å². The Morgan fingerprint density at radius 1 is 0.857 bits per heavy atom. The van der Waals surface area contributed by atoms with Gasteiger partial charge in [-0.25, -0.2) is 4.98 Å². The minimum atomic E-state index is 0.273. The van der Waals surface area contributed by atoms with E-state index in [4.69, 9.17) is 10.1 Å². The van der Waals surface area contributed by atoms with E-state index >= 15 is 0 Å². The van der Waals surface area contributed by atoms with Gasteiger partial charge in [0.1, 0.15) is 5.82 Å². The molecule has 108 valence electrons. The first-order valence-electron chi connectivity index (χ1n) is 7.53. The number of imidazole rings is 1. The van der Waals surface area contributed by atoms with Crippen LogP contribution in [0.2, 0.25) is 0 Å². The van der Waals surface area contributed by atoms with Gasteiger partial charge in [-0.15, -0.1) is 0 Å². The molecule has 0 spiro atoms. The Kier molecular flexibility index (Phi) is 4.31. The highest BCUT2D eigenvalue weighted by atomic mass is 16.2. The molecule has 1 aromatic heterocycles. The Balaban J connectivity index is 1.98. The molecule has 1 heterocycles. The van der Waals surface area contributed by atoms with Gasteiger partial charge in [-0.05, 0) is 37.1 Å². The number of hydrogen-bond donors (Lipinski definition) is 1. The van der Waals surface area contributed by atoms with E-state index in [1.54, 1.807) is 0 Å². The number of nitrogens with zero attached hydrogens (tertiary/aromatic N) is 2. The third-order valence-corrected chi connectivity index (χ3v) is 3.70. The van der Waals surface area contributed by atoms with Crippen molar-refractivity contribution in [2.75, 3.05) is 6.61 Å². The van der Waals surface area contributed by atoms with Crippen LogP contribution in [0.4, 0.5) is 0 Å². The fourth-order valence-corrected chi connectivity index (χ4v) is 2.68. The summed E-state index contributed by atoms with van der Waals surface area (Å²) in [5.41, 5.74) is 3.35. The van der Waals surface area contributed by atoms with E-state index in [1.807, 2.05) is 12.1 Å². The van der Waals surface area contributed by atoms with Crippen molar-refractivity contribution in [3.8, 4) is 5.69 Å². The molecule has 0 aliphatic rings. The molecular weight excluding hydrogens is 260 g/mol. The zero-order chi connectivity index (χ0) is 14.5. The van der Waals surface area contributed by atoms with E-state index in [0.29, 0.717) is 0 Å². The van der Waals surface area contributed by atoms with Gasteiger partial charge >= 0.3 is 0 Å². The van der Waals surface area contributed by atoms with Crippen molar-refractivity contribution in [2.45, 2.75) is 25.7 Å². The third-order valence-electron chi connectivity index (χ3n) is 3.70. The quantitative estimate of drug-likeness (QED) is 0.699. The maximum absolute atomic E-state index is 8.89. The van der Waals surface area contributed by atoms with Crippen LogP contribution in [-0.2, 0) is 6.42 Å². The summed E-state index contributed by atoms with van der Waals surface area (Å²) in [6.07, 6.45) is 3.89. The number of hydrogen-bond acceptors (Lipinski definition) is 2. The van der Waals surface area contributed by atoms with Crippen LogP contribution in [0, 0.1) is 0 Å². The minimum absolute atomic E-state index is 0.273. The summed E-state index contributed by atoms with van der Waals surface area (Å²) >= 11 is 0. The first-order valence-corrected chi connectivity index (χ1v) is 7.53. The van der Waals surface area contributed by atoms with Crippen LogP contribution >= 0.6 is 0 Å². The molecule has 0 amide bonds. The van der Waals surface area contributed by atoms with E-state index in [0.717, 1.165) is 48.2 Å². The van der Waals surface area contributed by atoms with Gasteiger partial charge in [0.15, 0.2) is 0 Å². The summed E-state index contributed by atoms with van der Waals surface area (Å²) in [4.78, 5) is 4.79. The molecule has 3 aromatic rings. The molecule has 0 aliphatic heterocycles. The smallest absolute Gasteiger partial charge is 0.114 e. The van der Waals surface area contributed by atoms with E-state index in [1.165, 1.54) is 0 Å². The van der Waals surface area contributed by atoms with Crippen LogP contribution in [-0.4, -0.2) is 21.3 Å². The number of para-hydroxylation sites is 3. The van der Waals surface area contributed by atoms with Crippen LogP contribution in [0.1, 0.15) is 25.1 Å². The molecule has 0 saturated carbocycles. The lowest BCUT2D eigenvalue weighted by Gasteiger charge is -2.09. The van der Waals surface area contributed by atoms with Crippen LogP contribution in [0.15, 0.2) is 54.6 Å². The Bertz CT molecular complexity index is 704. The fourth-order valence-electron chi connectivity index (χ4n) is 2.68. The largest absolute Gasteiger partial charge is 0.396 e. The van der Waals surface area contributed by atoms with Crippen LogP contribution in [0.25, 0.3) is 16.7 Å². The molecule has 3 heteroatoms. The first-order chi connectivity index (χ1) is 10.4. The van der Waals surface area contributed by atoms with Gasteiger partial charge in [-0.3, -0.25) is 4.57 Å². The van der Waals surface area contributed by atoms with Crippen molar-refractivity contribution in [3.05, 3.63) is 60.4 Å². The Morgan fingerprint density at radius 2 is 1.62 bits per heavy atom. The molecule has 3 nitrogen and oxygen atoms in total. The van der Waals surface area contributed by atoms with Gasteiger partial charge in [0.2, 0.25) is 0 Å². The molecule has 2 aromatic carbocycles. The highest BCUT2D eigenvalue weighted by Gasteiger charge is 2.11. The predicted octanol–water partition coefficient (Wildman–Crippen LogP) is 3.73. The van der Waals surface area contributed by atoms with Crippen molar-refractivity contribution < 1.29 is 5.11 Å². The zero-order valence-corrected chi connectivity index (χ0v) is 12.1. The second kappa shape index (κ2) is 6.55. The molecule has 0 aliphatic carbocycles. The number of unbranched alkanes of at least 4 members (excludes halogenated alkanes) is 2. The SMILES string of the molecule is OCCCCCc1nc2ccccc2n1-c1ccccc1. The maximum Gasteiger partial charge on any atom is 0.114 e. The number of rotatable bonds is 6. The number of aliphatic hydroxyl groups excluding tert-OH is 1. The molecule has 0 radical (unpaired) electrons. The average molecular weight is 280 g/mol. The van der Waals surface area contributed by atoms with Crippen molar-refractivity contribution in [1.29, 1.82) is 0 Å². The lowest BCUT2D eigenvalue weighted by Crippen LogP contribution is -2.01. The predicted molar refractivity (Wildman–Crippen MR) is 85.7 cm³/mol. The van der Waals surface area contributed by atoms with E-state index in [9.17, 15) is 0 Å². The lowest BCUT2D eigenvalue weighted by atomic mass is 10.2. The van der Waals surface area contributed by atoms with Gasteiger partial charge in [0, 0.05) is 18.7 Å². The molecule has 0 saturated heterocycles. The molecule has 0 fully saturated rings. The fraction of sp³-hybridized carbons (Fsp3) is 0.278. The van der Waals surface area contributed by atoms with E-state index < -0.39 is 0 Å². The standard InChI is InChI=1S/C18H20N2O/c21-14-8-2-5-13-18-19-16-11-6-7-12-17(16)20(18)15-9-3-1-4-10-15/h1,3-4,6-7,9-12,21H,2,5,8,13-14H2. The highest BCUT2D eigenvalue weighted by molar-refractivity contribution is 5.78. The molecule has 21 heavy (non-hydrogen) atoms. The summed E-state index contributed by atoms with van der Waals surface area (Å²) in [5, 5.41) is 8.89. The third kappa shape index (κ3) is 2.98. The molecular formula is C18H20N2O. The number of aliphatic hydroxyl groups is 1. The second-order valence-corrected chi connectivity index (χ2v) is 5.22. The van der Waals surface area contributed by atoms with Gasteiger partial charge in [-0.1, -0.05) is 36.8 Å². The number of benzene rings is 2. The summed E-state index contributed by atoms with van der Waals surface area (Å²) in [6.45, 7) is 0.273. The highest BCUT2D eigenvalue weighted by Crippen LogP contribution is 2.22.